The highest BCUT2D eigenvalue weighted by molar-refractivity contribution is 6.81. The van der Waals surface area contributed by atoms with Gasteiger partial charge in [-0.25, -0.2) is 0 Å². The molecule has 0 atom stereocenters. The fourth-order valence-corrected chi connectivity index (χ4v) is 7.59. The summed E-state index contributed by atoms with van der Waals surface area (Å²) in [5, 5.41) is 0. The molecule has 0 saturated heterocycles. The molecule has 0 fully saturated rings. The Morgan fingerprint density at radius 1 is 0.632 bits per heavy atom. The van der Waals surface area contributed by atoms with E-state index in [0.717, 1.165) is 0 Å². The van der Waals surface area contributed by atoms with Gasteiger partial charge >= 0.3 is 14.1 Å². The minimum Gasteiger partial charge on any atom is -0.114 e. The second kappa shape index (κ2) is 5.16. The summed E-state index contributed by atoms with van der Waals surface area (Å²) in [6.45, 7) is 6.90. The van der Waals surface area contributed by atoms with Crippen LogP contribution in [0.1, 0.15) is 40.0 Å². The monoisotopic (exact) mass is 264 g/mol. The van der Waals surface area contributed by atoms with E-state index in [-0.39, 0.29) is 0 Å². The third-order valence-corrected chi connectivity index (χ3v) is 8.85. The van der Waals surface area contributed by atoms with Crippen LogP contribution in [0, 0.1) is 0 Å². The van der Waals surface area contributed by atoms with Gasteiger partial charge in [-0.15, -0.1) is 13.3 Å². The lowest BCUT2D eigenvalue weighted by molar-refractivity contribution is 1.26. The van der Waals surface area contributed by atoms with Gasteiger partial charge in [-0.3, -0.25) is 0 Å². The van der Waals surface area contributed by atoms with Crippen LogP contribution in [-0.2, 0) is 0 Å². The molecule has 0 aromatic carbocycles. The highest BCUT2D eigenvalue weighted by Crippen LogP contribution is 2.37. The van der Waals surface area contributed by atoms with Gasteiger partial charge in [-0.2, -0.15) is 0 Å². The maximum absolute atomic E-state index is 2.35. The Kier molecular flexibility index (Phi) is 3.52. The summed E-state index contributed by atoms with van der Waals surface area (Å²) in [6.07, 6.45) is 17.6. The van der Waals surface area contributed by atoms with E-state index in [4.69, 9.17) is 0 Å². The third-order valence-electron chi connectivity index (χ3n) is 4.68. The molecule has 3 rings (SSSR count). The zero-order chi connectivity index (χ0) is 13.4. The van der Waals surface area contributed by atoms with E-state index in [1.54, 1.807) is 13.3 Å². The largest absolute Gasteiger partial charge is 0.371 e. The highest BCUT2D eigenvalue weighted by atomic mass is 27.2. The summed E-state index contributed by atoms with van der Waals surface area (Å²) in [7, 11) is 0. The first-order valence-corrected chi connectivity index (χ1v) is 9.00. The van der Waals surface area contributed by atoms with Crippen LogP contribution >= 0.6 is 0 Å². The van der Waals surface area contributed by atoms with Crippen LogP contribution in [0.5, 0.6) is 0 Å². The fourth-order valence-electron chi connectivity index (χ4n) is 3.56. The van der Waals surface area contributed by atoms with Gasteiger partial charge in [0.05, 0.1) is 0 Å². The van der Waals surface area contributed by atoms with Gasteiger partial charge in [-0.1, -0.05) is 53.2 Å². The molecule has 0 aromatic rings. The molecule has 96 valence electrons. The summed E-state index contributed by atoms with van der Waals surface area (Å²) in [4.78, 5) is 0. The van der Waals surface area contributed by atoms with Crippen molar-refractivity contribution in [2.45, 2.75) is 40.0 Å². The molecule has 0 unspecified atom stereocenters. The summed E-state index contributed by atoms with van der Waals surface area (Å²) in [5.74, 6) is 0. The van der Waals surface area contributed by atoms with E-state index >= 15 is 0 Å². The Morgan fingerprint density at radius 3 is 1.16 bits per heavy atom. The predicted molar refractivity (Wildman–Crippen MR) is 85.1 cm³/mol. The van der Waals surface area contributed by atoms with E-state index in [1.165, 1.54) is 36.0 Å². The van der Waals surface area contributed by atoms with Crippen LogP contribution < -0.4 is 0 Å². The third kappa shape index (κ3) is 2.27. The molecule has 0 amide bonds. The number of hydrogen-bond acceptors (Lipinski definition) is 0. The van der Waals surface area contributed by atoms with Crippen molar-refractivity contribution in [2.24, 2.45) is 0 Å². The van der Waals surface area contributed by atoms with Crippen LogP contribution in [0.25, 0.3) is 0 Å². The molecule has 0 nitrogen and oxygen atoms in total. The molecule has 0 heterocycles. The van der Waals surface area contributed by atoms with Crippen molar-refractivity contribution in [1.82, 2.24) is 0 Å². The second-order valence-corrected chi connectivity index (χ2v) is 8.83. The van der Waals surface area contributed by atoms with Gasteiger partial charge in [0.2, 0.25) is 0 Å². The summed E-state index contributed by atoms with van der Waals surface area (Å²) >= 11 is -1.11. The quantitative estimate of drug-likeness (QED) is 0.634. The Labute approximate surface area is 121 Å². The summed E-state index contributed by atoms with van der Waals surface area (Å²) < 4.78 is 5.28. The Morgan fingerprint density at radius 2 is 0.947 bits per heavy atom. The summed E-state index contributed by atoms with van der Waals surface area (Å²) in [5.41, 5.74) is 4.61. The Hall–Kier alpha value is -1.03. The van der Waals surface area contributed by atoms with Gasteiger partial charge in [0.25, 0.3) is 0 Å². The van der Waals surface area contributed by atoms with Crippen LogP contribution in [0.3, 0.4) is 0 Å². The van der Waals surface area contributed by atoms with Gasteiger partial charge in [0, 0.05) is 0 Å². The van der Waals surface area contributed by atoms with E-state index in [1.807, 2.05) is 0 Å². The van der Waals surface area contributed by atoms with Gasteiger partial charge in [0.15, 0.2) is 0 Å². The van der Waals surface area contributed by atoms with E-state index in [9.17, 15) is 0 Å². The minimum atomic E-state index is -1.11. The lowest BCUT2D eigenvalue weighted by Gasteiger charge is -2.20. The molecule has 0 radical (unpaired) electrons. The van der Waals surface area contributed by atoms with Gasteiger partial charge in [-0.05, 0) is 40.0 Å². The summed E-state index contributed by atoms with van der Waals surface area (Å²) in [6, 6.07) is 0. The van der Waals surface area contributed by atoms with Crippen molar-refractivity contribution in [1.29, 1.82) is 0 Å². The zero-order valence-electron chi connectivity index (χ0n) is 12.2. The minimum absolute atomic E-state index is 1.11. The first-order chi connectivity index (χ1) is 9.18. The van der Waals surface area contributed by atoms with Crippen molar-refractivity contribution in [3.05, 3.63) is 66.5 Å². The topological polar surface area (TPSA) is 0 Å². The molecule has 0 N–H and O–H groups in total. The maximum atomic E-state index is 2.35. The molecule has 3 aliphatic carbocycles. The smallest absolute Gasteiger partial charge is 0.114 e. The lowest BCUT2D eigenvalue weighted by atomic mass is 10.3. The molecule has 0 spiro atoms. The van der Waals surface area contributed by atoms with Crippen LogP contribution in [0.2, 0.25) is 0 Å². The standard InChI is InChI=1S/3C6H7.Al/c3*1-6-4-2-3-5-6;/h3*2,4H,3H2,1H3;. The SMILES string of the molecule is CC1=[C]([Al]([C]2=C(C)C=CC2)[C]2=C(C)C=CC2)CC=C1. The Balaban J connectivity index is 2.06. The number of rotatable bonds is 3. The maximum Gasteiger partial charge on any atom is 0.371 e. The first kappa shape index (κ1) is 13.0. The number of hydrogen-bond donors (Lipinski definition) is 0. The van der Waals surface area contributed by atoms with Crippen molar-refractivity contribution < 1.29 is 0 Å². The fraction of sp³-hybridized carbons (Fsp3) is 0.333. The average Bonchev–Trinajstić information content (AvgIpc) is 3.07. The lowest BCUT2D eigenvalue weighted by Crippen LogP contribution is -2.24. The molecule has 0 bridgehead atoms. The molecule has 0 aliphatic heterocycles. The average molecular weight is 264 g/mol. The molecule has 19 heavy (non-hydrogen) atoms. The predicted octanol–water partition coefficient (Wildman–Crippen LogP) is 4.93. The van der Waals surface area contributed by atoms with E-state index < -0.39 is 14.1 Å². The van der Waals surface area contributed by atoms with Crippen LogP contribution in [0.4, 0.5) is 0 Å². The van der Waals surface area contributed by atoms with Crippen molar-refractivity contribution in [2.75, 3.05) is 0 Å². The highest BCUT2D eigenvalue weighted by Gasteiger charge is 2.35. The Bertz CT molecular complexity index is 506. The molecular formula is C18H21Al. The van der Waals surface area contributed by atoms with Crippen LogP contribution in [0.15, 0.2) is 66.5 Å². The molecule has 1 heteroatoms. The second-order valence-electron chi connectivity index (χ2n) is 5.88. The number of allylic oxidation sites excluding steroid dienone is 12. The normalized spacial score (nSPS) is 21.6. The van der Waals surface area contributed by atoms with Crippen LogP contribution in [-0.4, -0.2) is 14.1 Å². The zero-order valence-corrected chi connectivity index (χ0v) is 13.3. The van der Waals surface area contributed by atoms with E-state index in [0.29, 0.717) is 0 Å². The molecular weight excluding hydrogens is 243 g/mol. The van der Waals surface area contributed by atoms with Crippen molar-refractivity contribution in [3.8, 4) is 0 Å². The molecule has 0 aromatic heterocycles. The van der Waals surface area contributed by atoms with Gasteiger partial charge < -0.3 is 0 Å². The molecule has 0 saturated carbocycles. The van der Waals surface area contributed by atoms with Crippen molar-refractivity contribution in [3.63, 3.8) is 0 Å². The first-order valence-electron chi connectivity index (χ1n) is 7.27. The van der Waals surface area contributed by atoms with E-state index in [2.05, 4.69) is 57.2 Å². The van der Waals surface area contributed by atoms with Gasteiger partial charge in [0.1, 0.15) is 0 Å². The molecule has 3 aliphatic rings. The van der Waals surface area contributed by atoms with Crippen molar-refractivity contribution >= 4 is 14.1 Å².